The molecule has 4 heteroatoms. The van der Waals surface area contributed by atoms with Gasteiger partial charge in [0.05, 0.1) is 5.41 Å². The molecular formula is C39H53ClN2O. The first kappa shape index (κ1) is 28.7. The Morgan fingerprint density at radius 1 is 0.930 bits per heavy atom. The first-order valence-corrected chi connectivity index (χ1v) is 17.9. The Morgan fingerprint density at radius 3 is 2.42 bits per heavy atom. The van der Waals surface area contributed by atoms with Crippen molar-refractivity contribution in [2.45, 2.75) is 124 Å². The molecule has 6 aliphatic carbocycles. The van der Waals surface area contributed by atoms with Crippen LogP contribution in [0.4, 0.5) is 0 Å². The lowest BCUT2D eigenvalue weighted by molar-refractivity contribution is -0.224. The summed E-state index contributed by atoms with van der Waals surface area (Å²) in [4.78, 5) is 18.0. The maximum absolute atomic E-state index is 14.1. The van der Waals surface area contributed by atoms with E-state index in [4.69, 9.17) is 11.6 Å². The van der Waals surface area contributed by atoms with Gasteiger partial charge in [0.15, 0.2) is 0 Å². The zero-order valence-electron chi connectivity index (χ0n) is 27.5. The lowest BCUT2D eigenvalue weighted by Crippen LogP contribution is -2.67. The van der Waals surface area contributed by atoms with Gasteiger partial charge >= 0.3 is 0 Å². The van der Waals surface area contributed by atoms with E-state index in [9.17, 15) is 4.79 Å². The minimum absolute atomic E-state index is 0.0893. The molecule has 0 bridgehead atoms. The van der Waals surface area contributed by atoms with Crippen LogP contribution in [0.15, 0.2) is 30.4 Å². The molecule has 0 saturated heterocycles. The van der Waals surface area contributed by atoms with E-state index >= 15 is 0 Å². The molecule has 0 radical (unpaired) electrons. The number of halogens is 1. The topological polar surface area (TPSA) is 44.9 Å². The van der Waals surface area contributed by atoms with Gasteiger partial charge in [-0.1, -0.05) is 58.4 Å². The van der Waals surface area contributed by atoms with Crippen LogP contribution in [-0.2, 0) is 16.6 Å². The summed E-state index contributed by atoms with van der Waals surface area (Å²) in [5.74, 6) is 3.24. The van der Waals surface area contributed by atoms with E-state index in [0.29, 0.717) is 41.5 Å². The van der Waals surface area contributed by atoms with Crippen LogP contribution in [0.3, 0.4) is 0 Å². The van der Waals surface area contributed by atoms with Gasteiger partial charge < -0.3 is 10.3 Å². The van der Waals surface area contributed by atoms with Crippen molar-refractivity contribution in [3.63, 3.8) is 0 Å². The third-order valence-corrected chi connectivity index (χ3v) is 15.9. The lowest BCUT2D eigenvalue weighted by Gasteiger charge is -2.72. The standard InChI is InChI=1S/C39H53ClN2O/c1-22(2)25-14-17-39(34(43)41-24-9-10-24)19-18-37(6)28(32(25)39)11-13-31-36(5)21-27-26-20-23(40)8-12-29(26)42-33(27)35(3,4)30(36)15-16-38(31,37)7/h8,12,20,24-25,28,30-32,42H,1,9-11,13-19,21H2,2-7H3,(H,41,43)/t25?,28?,30?,31?,32?,36-,37+,38+,39-/m0/s1. The number of aromatic amines is 1. The van der Waals surface area contributed by atoms with Crippen molar-refractivity contribution < 1.29 is 4.79 Å². The Labute approximate surface area is 264 Å². The van der Waals surface area contributed by atoms with Gasteiger partial charge in [-0.05, 0) is 147 Å². The van der Waals surface area contributed by atoms with Crippen molar-refractivity contribution in [2.24, 2.45) is 51.2 Å². The van der Waals surface area contributed by atoms with Gasteiger partial charge in [0.1, 0.15) is 0 Å². The predicted molar refractivity (Wildman–Crippen MR) is 177 cm³/mol. The second-order valence-corrected chi connectivity index (χ2v) is 18.1. The van der Waals surface area contributed by atoms with Crippen molar-refractivity contribution in [3.8, 4) is 0 Å². The Balaban J connectivity index is 1.20. The van der Waals surface area contributed by atoms with Crippen LogP contribution in [0.25, 0.3) is 10.9 Å². The van der Waals surface area contributed by atoms with Crippen LogP contribution in [0.2, 0.25) is 5.02 Å². The fourth-order valence-electron chi connectivity index (χ4n) is 13.4. The number of allylic oxidation sites excluding steroid dienone is 1. The summed E-state index contributed by atoms with van der Waals surface area (Å²) in [5.41, 5.74) is 6.17. The van der Waals surface area contributed by atoms with E-state index in [-0.39, 0.29) is 27.1 Å². The molecule has 1 aromatic heterocycles. The first-order chi connectivity index (χ1) is 20.3. The van der Waals surface area contributed by atoms with E-state index in [0.717, 1.165) is 43.5 Å². The third-order valence-electron chi connectivity index (χ3n) is 15.6. The van der Waals surface area contributed by atoms with Crippen molar-refractivity contribution in [1.29, 1.82) is 0 Å². The van der Waals surface area contributed by atoms with Crippen LogP contribution in [0.1, 0.15) is 117 Å². The van der Waals surface area contributed by atoms with Crippen LogP contribution in [-0.4, -0.2) is 16.9 Å². The number of H-pyrrole nitrogens is 1. The summed E-state index contributed by atoms with van der Waals surface area (Å²) >= 11 is 6.58. The van der Waals surface area contributed by atoms with E-state index in [2.05, 4.69) is 70.6 Å². The summed E-state index contributed by atoms with van der Waals surface area (Å²) in [5, 5.41) is 5.68. The maximum Gasteiger partial charge on any atom is 0.226 e. The summed E-state index contributed by atoms with van der Waals surface area (Å²) < 4.78 is 0. The molecule has 9 atom stereocenters. The molecule has 0 spiro atoms. The molecule has 3 nitrogen and oxygen atoms in total. The quantitative estimate of drug-likeness (QED) is 0.338. The first-order valence-electron chi connectivity index (χ1n) is 17.5. The van der Waals surface area contributed by atoms with Gasteiger partial charge in [0.25, 0.3) is 0 Å². The fourth-order valence-corrected chi connectivity index (χ4v) is 13.6. The highest BCUT2D eigenvalue weighted by Crippen LogP contribution is 2.77. The summed E-state index contributed by atoms with van der Waals surface area (Å²) in [6, 6.07) is 6.85. The molecule has 0 aliphatic heterocycles. The van der Waals surface area contributed by atoms with E-state index < -0.39 is 0 Å². The molecule has 43 heavy (non-hydrogen) atoms. The monoisotopic (exact) mass is 600 g/mol. The minimum Gasteiger partial charge on any atom is -0.358 e. The number of benzene rings is 1. The zero-order valence-corrected chi connectivity index (χ0v) is 28.2. The normalized spacial score (nSPS) is 44.5. The zero-order chi connectivity index (χ0) is 30.3. The maximum atomic E-state index is 14.1. The van der Waals surface area contributed by atoms with Gasteiger partial charge in [0.2, 0.25) is 5.91 Å². The summed E-state index contributed by atoms with van der Waals surface area (Å²) in [6.07, 6.45) is 13.1. The molecule has 1 amide bonds. The Kier molecular flexibility index (Phi) is 5.98. The van der Waals surface area contributed by atoms with Crippen LogP contribution in [0.5, 0.6) is 0 Å². The number of fused-ring (bicyclic) bond motifs is 10. The molecule has 5 fully saturated rings. The molecule has 5 unspecified atom stereocenters. The minimum atomic E-state index is -0.189. The average molecular weight is 601 g/mol. The van der Waals surface area contributed by atoms with Crippen molar-refractivity contribution >= 4 is 28.4 Å². The van der Waals surface area contributed by atoms with Crippen molar-refractivity contribution in [2.75, 3.05) is 0 Å². The molecule has 1 aromatic carbocycles. The second kappa shape index (κ2) is 8.95. The van der Waals surface area contributed by atoms with Gasteiger partial charge in [-0.2, -0.15) is 0 Å². The Bertz CT molecular complexity index is 1530. The summed E-state index contributed by atoms with van der Waals surface area (Å²) in [6.45, 7) is 19.9. The molecular weight excluding hydrogens is 548 g/mol. The Morgan fingerprint density at radius 2 is 1.70 bits per heavy atom. The lowest BCUT2D eigenvalue weighted by atomic mass is 9.32. The smallest absolute Gasteiger partial charge is 0.226 e. The molecule has 5 saturated carbocycles. The predicted octanol–water partition coefficient (Wildman–Crippen LogP) is 9.77. The SMILES string of the molecule is C=C(C)C1CC[C@]2(C(=O)NC3CC3)CC[C@]3(C)C(CCC4[C@@]5(C)Cc6c([nH]c7ccc(Cl)cc67)C(C)(C)C5CC[C@]43C)C12. The molecule has 1 heterocycles. The number of nitrogens with one attached hydrogen (secondary N) is 2. The number of amides is 1. The number of aromatic nitrogens is 1. The van der Waals surface area contributed by atoms with E-state index in [1.807, 2.05) is 6.07 Å². The van der Waals surface area contributed by atoms with Gasteiger partial charge in [0, 0.05) is 33.1 Å². The second-order valence-electron chi connectivity index (χ2n) is 17.7. The van der Waals surface area contributed by atoms with Gasteiger partial charge in [-0.3, -0.25) is 4.79 Å². The largest absolute Gasteiger partial charge is 0.358 e. The fraction of sp³-hybridized carbons (Fsp3) is 0.718. The van der Waals surface area contributed by atoms with Crippen molar-refractivity contribution in [3.05, 3.63) is 46.6 Å². The number of hydrogen-bond donors (Lipinski definition) is 2. The Hall–Kier alpha value is -1.74. The van der Waals surface area contributed by atoms with Gasteiger partial charge in [-0.15, -0.1) is 0 Å². The number of carbonyl (C=O) groups is 1. The number of hydrogen-bond acceptors (Lipinski definition) is 1. The van der Waals surface area contributed by atoms with Crippen LogP contribution < -0.4 is 5.32 Å². The molecule has 2 aromatic rings. The average Bonchev–Trinajstić information content (AvgIpc) is 3.54. The molecule has 232 valence electrons. The third kappa shape index (κ3) is 3.58. The molecule has 6 aliphatic rings. The number of rotatable bonds is 3. The van der Waals surface area contributed by atoms with Crippen molar-refractivity contribution in [1.82, 2.24) is 10.3 Å². The number of carbonyl (C=O) groups excluding carboxylic acids is 1. The van der Waals surface area contributed by atoms with Crippen LogP contribution in [0, 0.1) is 51.2 Å². The highest BCUT2D eigenvalue weighted by atomic mass is 35.5. The highest BCUT2D eigenvalue weighted by molar-refractivity contribution is 6.31. The summed E-state index contributed by atoms with van der Waals surface area (Å²) in [7, 11) is 0. The molecule has 2 N–H and O–H groups in total. The van der Waals surface area contributed by atoms with E-state index in [1.165, 1.54) is 59.8 Å². The van der Waals surface area contributed by atoms with Crippen LogP contribution >= 0.6 is 11.6 Å². The van der Waals surface area contributed by atoms with Gasteiger partial charge in [-0.25, -0.2) is 0 Å². The van der Waals surface area contributed by atoms with E-state index in [1.54, 1.807) is 0 Å². The highest BCUT2D eigenvalue weighted by Gasteiger charge is 2.72. The molecule has 8 rings (SSSR count).